The first kappa shape index (κ1) is 37.7. The monoisotopic (exact) mass is 689 g/mol. The summed E-state index contributed by atoms with van der Waals surface area (Å²) < 4.78 is 5.64. The topological polar surface area (TPSA) is 149 Å². The molecule has 0 aliphatic rings. The molecule has 0 radical (unpaired) electrons. The molecule has 4 amide bonds. The molecule has 0 aromatic heterocycles. The molecule has 0 spiro atoms. The van der Waals surface area contributed by atoms with Crippen LogP contribution < -0.4 is 21.4 Å². The van der Waals surface area contributed by atoms with Crippen LogP contribution in [0.25, 0.3) is 0 Å². The Morgan fingerprint density at radius 2 is 1.56 bits per heavy atom. The second-order valence-electron chi connectivity index (χ2n) is 12.6. The van der Waals surface area contributed by atoms with Crippen molar-refractivity contribution in [3.05, 3.63) is 70.2 Å². The van der Waals surface area contributed by atoms with Crippen LogP contribution in [-0.4, -0.2) is 72.3 Å². The Balaban J connectivity index is 2.32. The van der Waals surface area contributed by atoms with Gasteiger partial charge in [0, 0.05) is 31.0 Å². The fourth-order valence-electron chi connectivity index (χ4n) is 4.80. The highest BCUT2D eigenvalue weighted by atomic mass is 79.9. The van der Waals surface area contributed by atoms with E-state index in [2.05, 4.69) is 37.3 Å². The highest BCUT2D eigenvalue weighted by Gasteiger charge is 2.39. The number of benzene rings is 2. The van der Waals surface area contributed by atoms with Crippen LogP contribution in [0.3, 0.4) is 0 Å². The molecule has 45 heavy (non-hydrogen) atoms. The number of ether oxygens (including phenoxy) is 1. The number of nitrogens with zero attached hydrogens (tertiary/aromatic N) is 1. The molecule has 0 aliphatic heterocycles. The van der Waals surface area contributed by atoms with E-state index >= 15 is 0 Å². The summed E-state index contributed by atoms with van der Waals surface area (Å²) in [5, 5.41) is 21.5. The molecule has 0 unspecified atom stereocenters. The molecule has 12 heteroatoms. The zero-order chi connectivity index (χ0) is 33.8. The van der Waals surface area contributed by atoms with Crippen LogP contribution >= 0.6 is 15.9 Å². The number of amides is 4. The molecule has 2 aromatic carbocycles. The van der Waals surface area contributed by atoms with Gasteiger partial charge in [0.15, 0.2) is 0 Å². The van der Waals surface area contributed by atoms with Crippen LogP contribution in [0.1, 0.15) is 58.6 Å². The maximum atomic E-state index is 13.6. The standard InChI is InChI=1S/C33H48BrN5O6/c1-22(2)26(28(40)35-6)36-30(42)33(44,20-23-12-9-8-10-13-23)18-11-19-39(21-24-14-16-25(34)17-15-24)38-29(41)27(32(3,4)5)37-31(43)45-7/h8-10,12-17,22,26-27,44H,11,18-21H2,1-7H3,(H,35,40)(H,36,42)(H,37,43)(H,38,41)/t26-,27+,33+/m0/s1. The molecule has 0 saturated carbocycles. The van der Waals surface area contributed by atoms with Gasteiger partial charge < -0.3 is 25.8 Å². The summed E-state index contributed by atoms with van der Waals surface area (Å²) in [6.45, 7) is 9.72. The quantitative estimate of drug-likeness (QED) is 0.179. The van der Waals surface area contributed by atoms with Crippen molar-refractivity contribution in [2.75, 3.05) is 20.7 Å². The summed E-state index contributed by atoms with van der Waals surface area (Å²) in [6, 6.07) is 15.1. The van der Waals surface area contributed by atoms with E-state index in [4.69, 9.17) is 4.74 Å². The minimum atomic E-state index is -1.84. The van der Waals surface area contributed by atoms with Gasteiger partial charge in [-0.15, -0.1) is 0 Å². The average Bonchev–Trinajstić information content (AvgIpc) is 2.98. The summed E-state index contributed by atoms with van der Waals surface area (Å²) in [5.74, 6) is -1.64. The average molecular weight is 691 g/mol. The van der Waals surface area contributed by atoms with Crippen molar-refractivity contribution in [1.82, 2.24) is 26.4 Å². The van der Waals surface area contributed by atoms with E-state index in [9.17, 15) is 24.3 Å². The Kier molecular flexibility index (Phi) is 14.5. The van der Waals surface area contributed by atoms with E-state index in [0.717, 1.165) is 15.6 Å². The summed E-state index contributed by atoms with van der Waals surface area (Å²) in [4.78, 5) is 51.7. The summed E-state index contributed by atoms with van der Waals surface area (Å²) in [6.07, 6.45) is -0.336. The minimum absolute atomic E-state index is 0.0342. The Morgan fingerprint density at radius 3 is 2.09 bits per heavy atom. The summed E-state index contributed by atoms with van der Waals surface area (Å²) in [7, 11) is 2.73. The first-order valence-electron chi connectivity index (χ1n) is 15.0. The molecular formula is C33H48BrN5O6. The van der Waals surface area contributed by atoms with E-state index < -0.39 is 41.0 Å². The van der Waals surface area contributed by atoms with Crippen molar-refractivity contribution in [3.63, 3.8) is 0 Å². The van der Waals surface area contributed by atoms with Gasteiger partial charge in [-0.3, -0.25) is 19.8 Å². The van der Waals surface area contributed by atoms with Gasteiger partial charge in [-0.05, 0) is 47.4 Å². The van der Waals surface area contributed by atoms with Crippen molar-refractivity contribution in [1.29, 1.82) is 0 Å². The molecular weight excluding hydrogens is 642 g/mol. The molecule has 5 N–H and O–H groups in total. The van der Waals surface area contributed by atoms with Crippen LogP contribution in [0.15, 0.2) is 59.1 Å². The third-order valence-electron chi connectivity index (χ3n) is 7.39. The first-order valence-corrected chi connectivity index (χ1v) is 15.8. The number of hydrogen-bond donors (Lipinski definition) is 5. The predicted molar refractivity (Wildman–Crippen MR) is 177 cm³/mol. The molecule has 3 atom stereocenters. The number of alkyl carbamates (subject to hydrolysis) is 1. The van der Waals surface area contributed by atoms with Gasteiger partial charge >= 0.3 is 6.09 Å². The Morgan fingerprint density at radius 1 is 0.933 bits per heavy atom. The minimum Gasteiger partial charge on any atom is -0.453 e. The molecule has 2 rings (SSSR count). The zero-order valence-electron chi connectivity index (χ0n) is 27.3. The predicted octanol–water partition coefficient (Wildman–Crippen LogP) is 3.69. The summed E-state index contributed by atoms with van der Waals surface area (Å²) >= 11 is 3.44. The highest BCUT2D eigenvalue weighted by Crippen LogP contribution is 2.23. The Hall–Kier alpha value is -3.48. The maximum absolute atomic E-state index is 13.6. The second-order valence-corrected chi connectivity index (χ2v) is 13.5. The smallest absolute Gasteiger partial charge is 0.407 e. The Labute approximate surface area is 275 Å². The van der Waals surface area contributed by atoms with Gasteiger partial charge in [0.1, 0.15) is 17.7 Å². The number of aliphatic hydroxyl groups is 1. The first-order chi connectivity index (χ1) is 21.1. The number of carbonyl (C=O) groups excluding carboxylic acids is 4. The summed E-state index contributed by atoms with van der Waals surface area (Å²) in [5.41, 5.74) is 2.13. The van der Waals surface area contributed by atoms with Gasteiger partial charge in [0.05, 0.1) is 7.11 Å². The van der Waals surface area contributed by atoms with Gasteiger partial charge in [0.2, 0.25) is 5.91 Å². The van der Waals surface area contributed by atoms with Gasteiger partial charge in [-0.2, -0.15) is 0 Å². The lowest BCUT2D eigenvalue weighted by Gasteiger charge is -2.33. The third-order valence-corrected chi connectivity index (χ3v) is 7.92. The maximum Gasteiger partial charge on any atom is 0.407 e. The van der Waals surface area contributed by atoms with Crippen molar-refractivity contribution in [2.45, 2.75) is 78.1 Å². The van der Waals surface area contributed by atoms with E-state index in [1.54, 1.807) is 5.01 Å². The molecule has 0 bridgehead atoms. The lowest BCUT2D eigenvalue weighted by Crippen LogP contribution is -2.58. The van der Waals surface area contributed by atoms with Crippen LogP contribution in [0.4, 0.5) is 4.79 Å². The van der Waals surface area contributed by atoms with E-state index in [0.29, 0.717) is 13.0 Å². The number of carbonyl (C=O) groups is 4. The lowest BCUT2D eigenvalue weighted by atomic mass is 9.86. The van der Waals surface area contributed by atoms with Crippen LogP contribution in [0.2, 0.25) is 0 Å². The number of likely N-dealkylation sites (N-methyl/N-ethyl adjacent to an activating group) is 1. The van der Waals surface area contributed by atoms with Gasteiger partial charge in [0.25, 0.3) is 11.8 Å². The number of methoxy groups -OCH3 is 1. The van der Waals surface area contributed by atoms with Crippen LogP contribution in [0.5, 0.6) is 0 Å². The largest absolute Gasteiger partial charge is 0.453 e. The van der Waals surface area contributed by atoms with Crippen LogP contribution in [0, 0.1) is 11.3 Å². The zero-order valence-corrected chi connectivity index (χ0v) is 28.9. The molecule has 0 saturated heterocycles. The fourth-order valence-corrected chi connectivity index (χ4v) is 5.07. The number of hydrazine groups is 1. The van der Waals surface area contributed by atoms with E-state index in [-0.39, 0.29) is 31.2 Å². The number of halogens is 1. The van der Waals surface area contributed by atoms with Gasteiger partial charge in [-0.25, -0.2) is 9.80 Å². The molecule has 0 fully saturated rings. The molecule has 0 aliphatic carbocycles. The van der Waals surface area contributed by atoms with Crippen molar-refractivity contribution in [3.8, 4) is 0 Å². The van der Waals surface area contributed by atoms with Crippen LogP contribution in [-0.2, 0) is 32.1 Å². The SMILES string of the molecule is CNC(=O)[C@@H](NC(=O)[C@@](O)(CCCN(Cc1ccc(Br)cc1)NC(=O)[C@@H](NC(=O)OC)C(C)(C)C)Cc1ccccc1)C(C)C. The fraction of sp³-hybridized carbons (Fsp3) is 0.515. The third kappa shape index (κ3) is 12.1. The van der Waals surface area contributed by atoms with E-state index in [1.807, 2.05) is 89.2 Å². The van der Waals surface area contributed by atoms with Crippen molar-refractivity contribution < 1.29 is 29.0 Å². The highest BCUT2D eigenvalue weighted by molar-refractivity contribution is 9.10. The Bertz CT molecular complexity index is 1270. The molecule has 2 aromatic rings. The van der Waals surface area contributed by atoms with E-state index in [1.165, 1.54) is 14.2 Å². The van der Waals surface area contributed by atoms with Crippen molar-refractivity contribution in [2.24, 2.45) is 11.3 Å². The molecule has 11 nitrogen and oxygen atoms in total. The number of rotatable bonds is 15. The lowest BCUT2D eigenvalue weighted by molar-refractivity contribution is -0.144. The molecule has 248 valence electrons. The second kappa shape index (κ2) is 17.3. The molecule has 0 heterocycles. The number of hydrogen-bond acceptors (Lipinski definition) is 7. The number of nitrogens with one attached hydrogen (secondary N) is 4. The van der Waals surface area contributed by atoms with Gasteiger partial charge in [-0.1, -0.05) is 93.0 Å². The van der Waals surface area contributed by atoms with Crippen molar-refractivity contribution >= 4 is 39.7 Å². The normalized spacial score (nSPS) is 14.2.